The lowest BCUT2D eigenvalue weighted by molar-refractivity contribution is -0.122. The van der Waals surface area contributed by atoms with Gasteiger partial charge in [-0.05, 0) is 52.2 Å². The fourth-order valence-electron chi connectivity index (χ4n) is 3.03. The van der Waals surface area contributed by atoms with E-state index in [4.69, 9.17) is 4.74 Å². The summed E-state index contributed by atoms with van der Waals surface area (Å²) < 4.78 is 6.06. The fourth-order valence-corrected chi connectivity index (χ4v) is 3.43. The lowest BCUT2D eigenvalue weighted by atomic mass is 10.1. The van der Waals surface area contributed by atoms with Gasteiger partial charge in [0, 0.05) is 30.4 Å². The third kappa shape index (κ3) is 3.90. The number of rotatable bonds is 5. The average Bonchev–Trinajstić information content (AvgIpc) is 3.05. The monoisotopic (exact) mass is 416 g/mol. The second-order valence-corrected chi connectivity index (χ2v) is 7.12. The molecule has 0 aliphatic carbocycles. The molecule has 2 aromatic rings. The Kier molecular flexibility index (Phi) is 5.61. The Balaban J connectivity index is 1.68. The van der Waals surface area contributed by atoms with Gasteiger partial charge in [0.1, 0.15) is 5.75 Å². The Morgan fingerprint density at radius 2 is 2.00 bits per heavy atom. The summed E-state index contributed by atoms with van der Waals surface area (Å²) in [6.07, 6.45) is 1.17. The molecule has 6 heteroatoms. The molecule has 3 rings (SSSR count). The molecule has 0 spiro atoms. The maximum Gasteiger partial charge on any atom is 0.229 e. The van der Waals surface area contributed by atoms with Gasteiger partial charge in [0.2, 0.25) is 11.8 Å². The van der Waals surface area contributed by atoms with Crippen LogP contribution in [0.1, 0.15) is 18.9 Å². The van der Waals surface area contributed by atoms with Crippen molar-refractivity contribution in [3.05, 3.63) is 52.5 Å². The minimum Gasteiger partial charge on any atom is -0.495 e. The van der Waals surface area contributed by atoms with E-state index in [0.717, 1.165) is 16.6 Å². The Labute approximate surface area is 161 Å². The standard InChI is InChI=1S/C20H21BrN2O3/c1-3-13-4-7-16(8-5-13)23-12-14(10-19(23)24)20(25)22-15-6-9-17(21)18(11-15)26-2/h4-9,11,14H,3,10,12H2,1-2H3,(H,22,25). The van der Waals surface area contributed by atoms with Crippen molar-refractivity contribution < 1.29 is 14.3 Å². The summed E-state index contributed by atoms with van der Waals surface area (Å²) in [6.45, 7) is 2.48. The lowest BCUT2D eigenvalue weighted by Crippen LogP contribution is -2.28. The van der Waals surface area contributed by atoms with Gasteiger partial charge in [-0.1, -0.05) is 19.1 Å². The first-order valence-electron chi connectivity index (χ1n) is 8.55. The SMILES string of the molecule is CCc1ccc(N2CC(C(=O)Nc3ccc(Br)c(OC)c3)CC2=O)cc1. The van der Waals surface area contributed by atoms with Gasteiger partial charge < -0.3 is 15.0 Å². The topological polar surface area (TPSA) is 58.6 Å². The maximum absolute atomic E-state index is 12.6. The number of carbonyl (C=O) groups is 2. The van der Waals surface area contributed by atoms with E-state index in [2.05, 4.69) is 28.2 Å². The van der Waals surface area contributed by atoms with Gasteiger partial charge in [-0.25, -0.2) is 0 Å². The zero-order valence-corrected chi connectivity index (χ0v) is 16.4. The smallest absolute Gasteiger partial charge is 0.229 e. The van der Waals surface area contributed by atoms with Crippen molar-refractivity contribution in [2.24, 2.45) is 5.92 Å². The van der Waals surface area contributed by atoms with Crippen molar-refractivity contribution >= 4 is 39.1 Å². The van der Waals surface area contributed by atoms with Crippen LogP contribution in [0.15, 0.2) is 46.9 Å². The zero-order chi connectivity index (χ0) is 18.7. The van der Waals surface area contributed by atoms with Crippen LogP contribution in [0.2, 0.25) is 0 Å². The first-order valence-corrected chi connectivity index (χ1v) is 9.34. The first-order chi connectivity index (χ1) is 12.5. The van der Waals surface area contributed by atoms with Gasteiger partial charge in [0.25, 0.3) is 0 Å². The van der Waals surface area contributed by atoms with Crippen LogP contribution in [0.4, 0.5) is 11.4 Å². The van der Waals surface area contributed by atoms with Crippen molar-refractivity contribution in [2.45, 2.75) is 19.8 Å². The molecule has 26 heavy (non-hydrogen) atoms. The van der Waals surface area contributed by atoms with Crippen LogP contribution in [-0.4, -0.2) is 25.5 Å². The van der Waals surface area contributed by atoms with E-state index in [-0.39, 0.29) is 24.2 Å². The van der Waals surface area contributed by atoms with Crippen molar-refractivity contribution in [2.75, 3.05) is 23.9 Å². The number of hydrogen-bond donors (Lipinski definition) is 1. The quantitative estimate of drug-likeness (QED) is 0.800. The van der Waals surface area contributed by atoms with Crippen LogP contribution >= 0.6 is 15.9 Å². The average molecular weight is 417 g/mol. The van der Waals surface area contributed by atoms with Gasteiger partial charge in [0.15, 0.2) is 0 Å². The number of nitrogens with zero attached hydrogens (tertiary/aromatic N) is 1. The Bertz CT molecular complexity index is 820. The van der Waals surface area contributed by atoms with E-state index < -0.39 is 0 Å². The highest BCUT2D eigenvalue weighted by atomic mass is 79.9. The van der Waals surface area contributed by atoms with E-state index >= 15 is 0 Å². The highest BCUT2D eigenvalue weighted by molar-refractivity contribution is 9.10. The van der Waals surface area contributed by atoms with Gasteiger partial charge >= 0.3 is 0 Å². The summed E-state index contributed by atoms with van der Waals surface area (Å²) in [5, 5.41) is 2.88. The van der Waals surface area contributed by atoms with Crippen LogP contribution in [0.25, 0.3) is 0 Å². The summed E-state index contributed by atoms with van der Waals surface area (Å²) in [6, 6.07) is 13.3. The number of halogens is 1. The fraction of sp³-hybridized carbons (Fsp3) is 0.300. The molecular formula is C20H21BrN2O3. The Hall–Kier alpha value is -2.34. The van der Waals surface area contributed by atoms with Crippen molar-refractivity contribution in [3.63, 3.8) is 0 Å². The first kappa shape index (κ1) is 18.5. The molecule has 136 valence electrons. The molecule has 1 saturated heterocycles. The van der Waals surface area contributed by atoms with Crippen molar-refractivity contribution in [1.82, 2.24) is 0 Å². The van der Waals surface area contributed by atoms with Crippen LogP contribution in [0.5, 0.6) is 5.75 Å². The molecule has 0 bridgehead atoms. The molecule has 0 radical (unpaired) electrons. The second-order valence-electron chi connectivity index (χ2n) is 6.26. The molecule has 0 saturated carbocycles. The third-order valence-corrected chi connectivity index (χ3v) is 5.23. The maximum atomic E-state index is 12.6. The minimum absolute atomic E-state index is 0.0252. The predicted octanol–water partition coefficient (Wildman–Crippen LogP) is 4.01. The van der Waals surface area contributed by atoms with Gasteiger partial charge in [-0.15, -0.1) is 0 Å². The molecule has 1 aliphatic heterocycles. The molecule has 1 heterocycles. The summed E-state index contributed by atoms with van der Waals surface area (Å²) in [5.74, 6) is 0.0871. The number of anilines is 2. The molecule has 1 aliphatic rings. The highest BCUT2D eigenvalue weighted by Crippen LogP contribution is 2.30. The Morgan fingerprint density at radius 3 is 2.65 bits per heavy atom. The van der Waals surface area contributed by atoms with Gasteiger partial charge in [0.05, 0.1) is 17.5 Å². The van der Waals surface area contributed by atoms with E-state index in [9.17, 15) is 9.59 Å². The third-order valence-electron chi connectivity index (χ3n) is 4.57. The highest BCUT2D eigenvalue weighted by Gasteiger charge is 2.35. The normalized spacial score (nSPS) is 16.7. The second kappa shape index (κ2) is 7.91. The van der Waals surface area contributed by atoms with Gasteiger partial charge in [-0.2, -0.15) is 0 Å². The summed E-state index contributed by atoms with van der Waals surface area (Å²) >= 11 is 3.39. The molecule has 1 unspecified atom stereocenters. The van der Waals surface area contributed by atoms with E-state index in [1.165, 1.54) is 5.56 Å². The number of aryl methyl sites for hydroxylation is 1. The lowest BCUT2D eigenvalue weighted by Gasteiger charge is -2.17. The summed E-state index contributed by atoms with van der Waals surface area (Å²) in [5.41, 5.74) is 2.71. The van der Waals surface area contributed by atoms with Gasteiger partial charge in [-0.3, -0.25) is 9.59 Å². The van der Waals surface area contributed by atoms with Crippen LogP contribution in [0, 0.1) is 5.92 Å². The number of hydrogen-bond acceptors (Lipinski definition) is 3. The molecule has 1 atom stereocenters. The minimum atomic E-state index is -0.372. The number of benzene rings is 2. The number of carbonyl (C=O) groups excluding carboxylic acids is 2. The van der Waals surface area contributed by atoms with E-state index in [1.54, 1.807) is 24.1 Å². The summed E-state index contributed by atoms with van der Waals surface area (Å²) in [7, 11) is 1.57. The molecule has 5 nitrogen and oxygen atoms in total. The van der Waals surface area contributed by atoms with Crippen molar-refractivity contribution in [3.8, 4) is 5.75 Å². The number of ether oxygens (including phenoxy) is 1. The van der Waals surface area contributed by atoms with E-state index in [0.29, 0.717) is 18.0 Å². The molecular weight excluding hydrogens is 396 g/mol. The molecule has 2 aromatic carbocycles. The zero-order valence-electron chi connectivity index (χ0n) is 14.8. The van der Waals surface area contributed by atoms with Crippen LogP contribution in [0.3, 0.4) is 0 Å². The number of amides is 2. The molecule has 1 N–H and O–H groups in total. The van der Waals surface area contributed by atoms with Crippen molar-refractivity contribution in [1.29, 1.82) is 0 Å². The number of nitrogens with one attached hydrogen (secondary N) is 1. The van der Waals surface area contributed by atoms with Crippen LogP contribution < -0.4 is 15.0 Å². The Morgan fingerprint density at radius 1 is 1.27 bits per heavy atom. The molecule has 0 aromatic heterocycles. The molecule has 1 fully saturated rings. The van der Waals surface area contributed by atoms with Crippen LogP contribution in [-0.2, 0) is 16.0 Å². The van der Waals surface area contributed by atoms with E-state index in [1.807, 2.05) is 30.3 Å². The summed E-state index contributed by atoms with van der Waals surface area (Å²) in [4.78, 5) is 26.6. The number of methoxy groups -OCH3 is 1. The largest absolute Gasteiger partial charge is 0.495 e. The molecule has 2 amide bonds. The predicted molar refractivity (Wildman–Crippen MR) is 106 cm³/mol.